The first-order valence-electron chi connectivity index (χ1n) is 8.03. The second-order valence-corrected chi connectivity index (χ2v) is 6.87. The third-order valence-electron chi connectivity index (χ3n) is 3.84. The fourth-order valence-electron chi connectivity index (χ4n) is 2.43. The van der Waals surface area contributed by atoms with Crippen molar-refractivity contribution in [1.29, 1.82) is 0 Å². The Bertz CT molecular complexity index is 1040. The summed E-state index contributed by atoms with van der Waals surface area (Å²) in [4.78, 5) is 25.0. The first-order chi connectivity index (χ1) is 12.4. The van der Waals surface area contributed by atoms with E-state index in [2.05, 4.69) is 15.9 Å². The van der Waals surface area contributed by atoms with Crippen molar-refractivity contribution in [1.82, 2.24) is 0 Å². The second kappa shape index (κ2) is 7.33. The molecule has 0 amide bonds. The summed E-state index contributed by atoms with van der Waals surface area (Å²) in [6.45, 7) is 3.41. The lowest BCUT2D eigenvalue weighted by Gasteiger charge is -2.12. The first-order valence-corrected chi connectivity index (χ1v) is 8.83. The number of carbonyl (C=O) groups excluding carboxylic acids is 1. The Morgan fingerprint density at radius 1 is 1.15 bits per heavy atom. The Balaban J connectivity index is 2.27. The maximum Gasteiger partial charge on any atom is 0.314 e. The fraction of sp³-hybridized carbons (Fsp3) is 0.200. The van der Waals surface area contributed by atoms with Gasteiger partial charge in [-0.1, -0.05) is 26.0 Å². The van der Waals surface area contributed by atoms with E-state index in [-0.39, 0.29) is 22.9 Å². The number of hydrogen-bond donors (Lipinski definition) is 0. The number of fused-ring (bicyclic) bond motifs is 1. The van der Waals surface area contributed by atoms with Crippen molar-refractivity contribution in [2.45, 2.75) is 13.8 Å². The van der Waals surface area contributed by atoms with Gasteiger partial charge in [-0.3, -0.25) is 9.59 Å². The summed E-state index contributed by atoms with van der Waals surface area (Å²) in [7, 11) is 1.56. The molecule has 0 spiro atoms. The van der Waals surface area contributed by atoms with Crippen molar-refractivity contribution in [3.8, 4) is 22.8 Å². The smallest absolute Gasteiger partial charge is 0.314 e. The molecule has 3 rings (SSSR count). The Kier molecular flexibility index (Phi) is 5.13. The Morgan fingerprint density at radius 3 is 2.54 bits per heavy atom. The van der Waals surface area contributed by atoms with E-state index in [4.69, 9.17) is 13.9 Å². The van der Waals surface area contributed by atoms with Gasteiger partial charge >= 0.3 is 5.97 Å². The van der Waals surface area contributed by atoms with Gasteiger partial charge in [-0.05, 0) is 46.3 Å². The molecule has 1 aromatic heterocycles. The molecule has 5 nitrogen and oxygen atoms in total. The van der Waals surface area contributed by atoms with Crippen LogP contribution in [-0.2, 0) is 4.79 Å². The molecule has 0 fully saturated rings. The van der Waals surface area contributed by atoms with Crippen molar-refractivity contribution < 1.29 is 18.7 Å². The van der Waals surface area contributed by atoms with E-state index in [0.29, 0.717) is 26.8 Å². The largest absolute Gasteiger partial charge is 0.496 e. The van der Waals surface area contributed by atoms with Gasteiger partial charge in [-0.2, -0.15) is 0 Å². The van der Waals surface area contributed by atoms with Gasteiger partial charge in [-0.15, -0.1) is 0 Å². The predicted molar refractivity (Wildman–Crippen MR) is 103 cm³/mol. The van der Waals surface area contributed by atoms with Crippen LogP contribution in [0.4, 0.5) is 0 Å². The molecule has 0 saturated heterocycles. The molecule has 0 atom stereocenters. The van der Waals surface area contributed by atoms with Crippen LogP contribution in [0.3, 0.4) is 0 Å². The molecular weight excluding hydrogens is 400 g/mol. The van der Waals surface area contributed by atoms with Gasteiger partial charge < -0.3 is 13.9 Å². The molecular formula is C20H17BrO5. The summed E-state index contributed by atoms with van der Waals surface area (Å²) in [5.41, 5.74) is 0.624. The summed E-state index contributed by atoms with van der Waals surface area (Å²) >= 11 is 3.42. The number of esters is 1. The van der Waals surface area contributed by atoms with Gasteiger partial charge in [0, 0.05) is 5.56 Å². The molecule has 0 bridgehead atoms. The van der Waals surface area contributed by atoms with Crippen molar-refractivity contribution >= 4 is 32.9 Å². The van der Waals surface area contributed by atoms with Crippen LogP contribution < -0.4 is 14.9 Å². The number of hydrogen-bond acceptors (Lipinski definition) is 5. The minimum atomic E-state index is -0.499. The Morgan fingerprint density at radius 2 is 1.88 bits per heavy atom. The van der Waals surface area contributed by atoms with Crippen molar-refractivity contribution in [3.63, 3.8) is 0 Å². The summed E-state index contributed by atoms with van der Waals surface area (Å²) in [5.74, 6) is -0.152. The maximum atomic E-state index is 12.9. The van der Waals surface area contributed by atoms with Crippen molar-refractivity contribution in [2.24, 2.45) is 5.92 Å². The third-order valence-corrected chi connectivity index (χ3v) is 4.46. The van der Waals surface area contributed by atoms with Crippen LogP contribution in [0.15, 0.2) is 56.1 Å². The van der Waals surface area contributed by atoms with E-state index < -0.39 is 5.97 Å². The molecule has 6 heteroatoms. The lowest BCUT2D eigenvalue weighted by atomic mass is 10.1. The summed E-state index contributed by atoms with van der Waals surface area (Å²) in [6, 6.07) is 12.1. The van der Waals surface area contributed by atoms with Crippen LogP contribution in [0.5, 0.6) is 11.5 Å². The highest BCUT2D eigenvalue weighted by molar-refractivity contribution is 9.10. The Hall–Kier alpha value is -2.60. The highest BCUT2D eigenvalue weighted by Crippen LogP contribution is 2.35. The topological polar surface area (TPSA) is 65.7 Å². The molecule has 0 aliphatic rings. The summed E-state index contributed by atoms with van der Waals surface area (Å²) < 4.78 is 17.3. The SMILES string of the molecule is COc1ccc(-c2oc3ccccc3c(=O)c2OC(=O)C(C)C)cc1Br. The van der Waals surface area contributed by atoms with Crippen LogP contribution in [0, 0.1) is 5.92 Å². The van der Waals surface area contributed by atoms with Crippen LogP contribution in [0.2, 0.25) is 0 Å². The molecule has 3 aromatic rings. The summed E-state index contributed by atoms with van der Waals surface area (Å²) in [6.07, 6.45) is 0. The van der Waals surface area contributed by atoms with E-state index in [0.717, 1.165) is 0 Å². The molecule has 0 saturated carbocycles. The number of halogens is 1. The molecule has 0 aliphatic heterocycles. The van der Waals surface area contributed by atoms with Crippen LogP contribution in [-0.4, -0.2) is 13.1 Å². The van der Waals surface area contributed by atoms with Gasteiger partial charge in [-0.25, -0.2) is 0 Å². The van der Waals surface area contributed by atoms with Crippen LogP contribution in [0.1, 0.15) is 13.8 Å². The molecule has 0 radical (unpaired) electrons. The van der Waals surface area contributed by atoms with Crippen molar-refractivity contribution in [2.75, 3.05) is 7.11 Å². The lowest BCUT2D eigenvalue weighted by Crippen LogP contribution is -2.20. The average Bonchev–Trinajstić information content (AvgIpc) is 2.63. The van der Waals surface area contributed by atoms with Crippen LogP contribution in [0.25, 0.3) is 22.3 Å². The fourth-order valence-corrected chi connectivity index (χ4v) is 2.97. The normalized spacial score (nSPS) is 11.0. The van der Waals surface area contributed by atoms with E-state index >= 15 is 0 Å². The average molecular weight is 417 g/mol. The number of ether oxygens (including phenoxy) is 2. The van der Waals surface area contributed by atoms with E-state index in [1.54, 1.807) is 63.4 Å². The zero-order valence-corrected chi connectivity index (χ0v) is 16.1. The third kappa shape index (κ3) is 3.37. The minimum Gasteiger partial charge on any atom is -0.496 e. The first kappa shape index (κ1) is 18.2. The second-order valence-electron chi connectivity index (χ2n) is 6.01. The van der Waals surface area contributed by atoms with Crippen molar-refractivity contribution in [3.05, 3.63) is 57.2 Å². The van der Waals surface area contributed by atoms with Crippen LogP contribution >= 0.6 is 15.9 Å². The van der Waals surface area contributed by atoms with Gasteiger partial charge in [0.05, 0.1) is 22.9 Å². The molecule has 0 aliphatic carbocycles. The quantitative estimate of drug-likeness (QED) is 0.571. The number of carbonyl (C=O) groups is 1. The molecule has 0 N–H and O–H groups in total. The molecule has 1 heterocycles. The molecule has 26 heavy (non-hydrogen) atoms. The van der Waals surface area contributed by atoms with Gasteiger partial charge in [0.1, 0.15) is 11.3 Å². The highest BCUT2D eigenvalue weighted by atomic mass is 79.9. The van der Waals surface area contributed by atoms with Gasteiger partial charge in [0.2, 0.25) is 11.2 Å². The summed E-state index contributed by atoms with van der Waals surface area (Å²) in [5, 5.41) is 0.357. The molecule has 134 valence electrons. The molecule has 2 aromatic carbocycles. The highest BCUT2D eigenvalue weighted by Gasteiger charge is 2.22. The monoisotopic (exact) mass is 416 g/mol. The van der Waals surface area contributed by atoms with Gasteiger partial charge in [0.15, 0.2) is 5.76 Å². The standard InChI is InChI=1S/C20H17BrO5/c1-11(2)20(23)26-19-17(22)13-6-4-5-7-15(13)25-18(19)12-8-9-16(24-3)14(21)10-12/h4-11H,1-3H3. The number of benzene rings is 2. The zero-order chi connectivity index (χ0) is 18.8. The predicted octanol–water partition coefficient (Wildman–Crippen LogP) is 4.79. The maximum absolute atomic E-state index is 12.9. The van der Waals surface area contributed by atoms with E-state index in [9.17, 15) is 9.59 Å². The zero-order valence-electron chi connectivity index (χ0n) is 14.5. The lowest BCUT2D eigenvalue weighted by molar-refractivity contribution is -0.137. The Labute approximate surface area is 158 Å². The van der Waals surface area contributed by atoms with E-state index in [1.165, 1.54) is 0 Å². The van der Waals surface area contributed by atoms with E-state index in [1.807, 2.05) is 0 Å². The minimum absolute atomic E-state index is 0.112. The number of methoxy groups -OCH3 is 1. The number of rotatable bonds is 4. The van der Waals surface area contributed by atoms with Gasteiger partial charge in [0.25, 0.3) is 0 Å². The number of para-hydroxylation sites is 1. The molecule has 0 unspecified atom stereocenters.